The number of carbonyl (C=O) groups is 3. The van der Waals surface area contributed by atoms with Crippen molar-refractivity contribution in [3.8, 4) is 5.75 Å². The minimum atomic E-state index is -0.668. The van der Waals surface area contributed by atoms with E-state index in [0.29, 0.717) is 52.4 Å². The standard InChI is InChI=1S/C27H32N6O4/c1-7-37-22-10-16-12-32(24(28)17(16)11-18(22)25(35)30-6)13-21(34)15-8-19(27(3,4)5)23-20(9-15)33(26(29)36)14(2)31-23/h8-11,28H,7,12-13H2,1-6H3,(H2,29,36)(H,30,35). The molecule has 2 aromatic carbocycles. The van der Waals surface area contributed by atoms with E-state index in [0.717, 1.165) is 11.1 Å². The van der Waals surface area contributed by atoms with Gasteiger partial charge in [0.15, 0.2) is 5.78 Å². The van der Waals surface area contributed by atoms with Gasteiger partial charge in [-0.05, 0) is 54.7 Å². The second-order valence-corrected chi connectivity index (χ2v) is 10.1. The van der Waals surface area contributed by atoms with Crippen molar-refractivity contribution in [3.63, 3.8) is 0 Å². The number of imidazole rings is 1. The van der Waals surface area contributed by atoms with E-state index in [1.54, 1.807) is 30.0 Å². The third kappa shape index (κ3) is 4.54. The molecule has 0 saturated carbocycles. The molecule has 4 N–H and O–H groups in total. The molecule has 1 aliphatic rings. The van der Waals surface area contributed by atoms with Crippen LogP contribution in [0.1, 0.15) is 70.9 Å². The van der Waals surface area contributed by atoms with Crippen molar-refractivity contribution in [3.05, 3.63) is 57.9 Å². The lowest BCUT2D eigenvalue weighted by Crippen LogP contribution is -2.30. The lowest BCUT2D eigenvalue weighted by molar-refractivity contribution is 0.0953. The molecule has 1 aromatic heterocycles. The van der Waals surface area contributed by atoms with Crippen molar-refractivity contribution in [2.45, 2.75) is 46.6 Å². The van der Waals surface area contributed by atoms with Crippen LogP contribution < -0.4 is 15.8 Å². The van der Waals surface area contributed by atoms with E-state index in [4.69, 9.17) is 15.9 Å². The maximum atomic E-state index is 13.5. The molecule has 0 aliphatic carbocycles. The smallest absolute Gasteiger partial charge is 0.324 e. The van der Waals surface area contributed by atoms with Crippen LogP contribution >= 0.6 is 0 Å². The molecule has 4 rings (SSSR count). The van der Waals surface area contributed by atoms with Crippen molar-refractivity contribution in [2.75, 3.05) is 20.2 Å². The van der Waals surface area contributed by atoms with Crippen LogP contribution in [0.2, 0.25) is 0 Å². The van der Waals surface area contributed by atoms with Crippen LogP contribution in [0.5, 0.6) is 5.75 Å². The van der Waals surface area contributed by atoms with Crippen molar-refractivity contribution >= 4 is 34.6 Å². The number of hydrogen-bond acceptors (Lipinski definition) is 6. The average molecular weight is 505 g/mol. The van der Waals surface area contributed by atoms with Gasteiger partial charge >= 0.3 is 6.03 Å². The molecule has 3 aromatic rings. The van der Waals surface area contributed by atoms with E-state index >= 15 is 0 Å². The molecule has 0 fully saturated rings. The Morgan fingerprint density at radius 3 is 2.49 bits per heavy atom. The second-order valence-electron chi connectivity index (χ2n) is 10.1. The number of carbonyl (C=O) groups excluding carboxylic acids is 3. The van der Waals surface area contributed by atoms with Crippen molar-refractivity contribution in [2.24, 2.45) is 5.73 Å². The molecule has 2 heterocycles. The van der Waals surface area contributed by atoms with Crippen molar-refractivity contribution in [1.29, 1.82) is 5.41 Å². The van der Waals surface area contributed by atoms with E-state index in [-0.39, 0.29) is 29.5 Å². The maximum absolute atomic E-state index is 13.5. The first kappa shape index (κ1) is 25.9. The highest BCUT2D eigenvalue weighted by Crippen LogP contribution is 2.33. The van der Waals surface area contributed by atoms with Crippen LogP contribution in [-0.2, 0) is 12.0 Å². The Morgan fingerprint density at radius 2 is 1.89 bits per heavy atom. The number of amides is 2. The number of benzene rings is 2. The molecule has 2 amide bonds. The molecule has 0 atom stereocenters. The van der Waals surface area contributed by atoms with Gasteiger partial charge in [0.1, 0.15) is 17.4 Å². The van der Waals surface area contributed by atoms with Gasteiger partial charge in [0.2, 0.25) is 0 Å². The Labute approximate surface area is 215 Å². The van der Waals surface area contributed by atoms with Crippen LogP contribution in [-0.4, -0.2) is 58.2 Å². The summed E-state index contributed by atoms with van der Waals surface area (Å²) in [6.45, 7) is 10.3. The van der Waals surface area contributed by atoms with Gasteiger partial charge in [-0.1, -0.05) is 20.8 Å². The summed E-state index contributed by atoms with van der Waals surface area (Å²) in [5.41, 5.74) is 9.35. The van der Waals surface area contributed by atoms with Gasteiger partial charge in [0, 0.05) is 24.7 Å². The highest BCUT2D eigenvalue weighted by atomic mass is 16.5. The summed E-state index contributed by atoms with van der Waals surface area (Å²) in [4.78, 5) is 44.3. The molecule has 1 aliphatic heterocycles. The maximum Gasteiger partial charge on any atom is 0.324 e. The lowest BCUT2D eigenvalue weighted by Gasteiger charge is -2.22. The van der Waals surface area contributed by atoms with Gasteiger partial charge in [-0.3, -0.25) is 15.0 Å². The largest absolute Gasteiger partial charge is 0.493 e. The highest BCUT2D eigenvalue weighted by Gasteiger charge is 2.30. The average Bonchev–Trinajstić information content (AvgIpc) is 3.32. The molecule has 37 heavy (non-hydrogen) atoms. The monoisotopic (exact) mass is 504 g/mol. The number of aromatic nitrogens is 2. The summed E-state index contributed by atoms with van der Waals surface area (Å²) in [5.74, 6) is 0.532. The molecule has 0 saturated heterocycles. The highest BCUT2D eigenvalue weighted by molar-refractivity contribution is 6.08. The van der Waals surface area contributed by atoms with Crippen molar-refractivity contribution < 1.29 is 19.1 Å². The fraction of sp³-hybridized carbons (Fsp3) is 0.370. The van der Waals surface area contributed by atoms with E-state index in [1.807, 2.05) is 33.8 Å². The predicted molar refractivity (Wildman–Crippen MR) is 141 cm³/mol. The van der Waals surface area contributed by atoms with E-state index < -0.39 is 6.03 Å². The minimum Gasteiger partial charge on any atom is -0.493 e. The van der Waals surface area contributed by atoms with Crippen LogP contribution in [0.25, 0.3) is 11.0 Å². The van der Waals surface area contributed by atoms with Crippen LogP contribution in [0.3, 0.4) is 0 Å². The number of rotatable bonds is 6. The topological polar surface area (TPSA) is 143 Å². The zero-order chi connectivity index (χ0) is 27.2. The third-order valence-corrected chi connectivity index (χ3v) is 6.52. The first-order valence-corrected chi connectivity index (χ1v) is 12.1. The molecular formula is C27H32N6O4. The summed E-state index contributed by atoms with van der Waals surface area (Å²) in [5, 5.41) is 11.3. The molecule has 194 valence electrons. The summed E-state index contributed by atoms with van der Waals surface area (Å²) < 4.78 is 6.97. The minimum absolute atomic E-state index is 0.0500. The van der Waals surface area contributed by atoms with Gasteiger partial charge < -0.3 is 20.7 Å². The fourth-order valence-electron chi connectivity index (χ4n) is 4.72. The fourth-order valence-corrected chi connectivity index (χ4v) is 4.72. The molecule has 0 spiro atoms. The Kier molecular flexibility index (Phi) is 6.53. The number of Topliss-reactive ketones (excluding diaryl/α,β-unsaturated/α-hetero) is 1. The lowest BCUT2D eigenvalue weighted by atomic mass is 9.84. The Balaban J connectivity index is 1.70. The first-order chi connectivity index (χ1) is 17.4. The molecule has 0 bridgehead atoms. The number of fused-ring (bicyclic) bond motifs is 2. The summed E-state index contributed by atoms with van der Waals surface area (Å²) >= 11 is 0. The van der Waals surface area contributed by atoms with Crippen LogP contribution in [0, 0.1) is 12.3 Å². The SMILES string of the molecule is CCOc1cc2c(cc1C(=O)NC)C(=N)N(CC(=O)c1cc(C(C)(C)C)c3nc(C)n(C(N)=O)c3c1)C2. The molecule has 10 heteroatoms. The number of primary amides is 1. The quantitative estimate of drug-likeness (QED) is 0.439. The molecule has 0 unspecified atom stereocenters. The van der Waals surface area contributed by atoms with Gasteiger partial charge in [-0.2, -0.15) is 0 Å². The van der Waals surface area contributed by atoms with E-state index in [1.165, 1.54) is 11.6 Å². The molecule has 10 nitrogen and oxygen atoms in total. The third-order valence-electron chi connectivity index (χ3n) is 6.52. The number of aryl methyl sites for hydroxylation is 1. The second kappa shape index (κ2) is 9.34. The zero-order valence-corrected chi connectivity index (χ0v) is 22.0. The molecular weight excluding hydrogens is 472 g/mol. The number of ether oxygens (including phenoxy) is 1. The molecule has 0 radical (unpaired) electrons. The van der Waals surface area contributed by atoms with Gasteiger partial charge in [-0.25, -0.2) is 14.3 Å². The number of ketones is 1. The normalized spacial score (nSPS) is 13.1. The number of nitrogens with two attached hydrogens (primary N) is 1. The van der Waals surface area contributed by atoms with Gasteiger partial charge in [0.05, 0.1) is 29.7 Å². The van der Waals surface area contributed by atoms with Gasteiger partial charge in [-0.15, -0.1) is 0 Å². The van der Waals surface area contributed by atoms with Gasteiger partial charge in [0.25, 0.3) is 5.91 Å². The summed E-state index contributed by atoms with van der Waals surface area (Å²) in [6, 6.07) is 6.19. The van der Waals surface area contributed by atoms with Crippen LogP contribution in [0.4, 0.5) is 4.79 Å². The Morgan fingerprint density at radius 1 is 1.19 bits per heavy atom. The Bertz CT molecular complexity index is 1460. The number of nitrogens with one attached hydrogen (secondary N) is 2. The first-order valence-electron chi connectivity index (χ1n) is 12.1. The predicted octanol–water partition coefficient (Wildman–Crippen LogP) is 3.35. The Hall–Kier alpha value is -4.21. The van der Waals surface area contributed by atoms with E-state index in [2.05, 4.69) is 10.3 Å². The number of nitrogens with zero attached hydrogens (tertiary/aromatic N) is 3. The van der Waals surface area contributed by atoms with Crippen LogP contribution in [0.15, 0.2) is 24.3 Å². The number of hydrogen-bond donors (Lipinski definition) is 3. The zero-order valence-electron chi connectivity index (χ0n) is 22.0. The van der Waals surface area contributed by atoms with E-state index in [9.17, 15) is 14.4 Å². The summed E-state index contributed by atoms with van der Waals surface area (Å²) in [7, 11) is 1.54. The summed E-state index contributed by atoms with van der Waals surface area (Å²) in [6.07, 6.45) is 0. The van der Waals surface area contributed by atoms with Crippen molar-refractivity contribution in [1.82, 2.24) is 19.8 Å². The number of amidine groups is 1.